The summed E-state index contributed by atoms with van der Waals surface area (Å²) in [7, 11) is 0. The largest absolute Gasteiger partial charge is 0.335 e. The van der Waals surface area contributed by atoms with Crippen molar-refractivity contribution in [2.75, 3.05) is 38.0 Å². The Morgan fingerprint density at radius 3 is 2.42 bits per heavy atom. The average Bonchev–Trinajstić information content (AvgIpc) is 3.18. The van der Waals surface area contributed by atoms with Gasteiger partial charge in [-0.1, -0.05) is 54.1 Å². The van der Waals surface area contributed by atoms with Crippen LogP contribution in [-0.2, 0) is 4.79 Å². The second-order valence-electron chi connectivity index (χ2n) is 7.37. The minimum absolute atomic E-state index is 0.00428. The summed E-state index contributed by atoms with van der Waals surface area (Å²) in [6.45, 7) is 4.61. The molecule has 0 aliphatic carbocycles. The van der Waals surface area contributed by atoms with E-state index in [-0.39, 0.29) is 18.4 Å². The van der Waals surface area contributed by atoms with Crippen LogP contribution in [0, 0.1) is 6.92 Å². The van der Waals surface area contributed by atoms with Crippen LogP contribution in [0.4, 0.5) is 5.69 Å². The maximum atomic E-state index is 13.2. The minimum Gasteiger partial charge on any atom is -0.335 e. The molecule has 8 heteroatoms. The monoisotopic (exact) mass is 454 g/mol. The van der Waals surface area contributed by atoms with Gasteiger partial charge in [0.05, 0.1) is 28.0 Å². The second kappa shape index (κ2) is 9.60. The number of thiazole rings is 1. The third-order valence-electron chi connectivity index (χ3n) is 5.15. The van der Waals surface area contributed by atoms with E-state index in [1.54, 1.807) is 12.1 Å². The lowest BCUT2D eigenvalue weighted by Crippen LogP contribution is -2.50. The van der Waals surface area contributed by atoms with Crippen LogP contribution in [0.1, 0.15) is 14.7 Å². The van der Waals surface area contributed by atoms with E-state index in [2.05, 4.69) is 10.3 Å². The molecule has 0 saturated carbocycles. The lowest BCUT2D eigenvalue weighted by Gasteiger charge is -2.34. The van der Waals surface area contributed by atoms with E-state index in [1.807, 2.05) is 59.2 Å². The number of piperazine rings is 1. The van der Waals surface area contributed by atoms with Gasteiger partial charge in [0, 0.05) is 31.7 Å². The van der Waals surface area contributed by atoms with Gasteiger partial charge in [-0.15, -0.1) is 11.3 Å². The van der Waals surface area contributed by atoms with E-state index in [1.165, 1.54) is 11.3 Å². The van der Waals surface area contributed by atoms with Gasteiger partial charge in [-0.2, -0.15) is 0 Å². The number of rotatable bonds is 5. The van der Waals surface area contributed by atoms with Crippen molar-refractivity contribution in [1.82, 2.24) is 14.8 Å². The predicted octanol–water partition coefficient (Wildman–Crippen LogP) is 4.17. The summed E-state index contributed by atoms with van der Waals surface area (Å²) >= 11 is 7.54. The molecule has 2 amide bonds. The molecular weight excluding hydrogens is 432 g/mol. The SMILES string of the molecule is Cc1nc(-c2ccccc2)c(C(=O)N2CCN(CC(=O)Nc3ccccc3Cl)CC2)s1. The Balaban J connectivity index is 1.36. The molecular formula is C23H23ClN4O2S. The molecule has 2 aromatic carbocycles. The molecule has 6 nitrogen and oxygen atoms in total. The minimum atomic E-state index is -0.114. The first-order valence-electron chi connectivity index (χ1n) is 10.1. The van der Waals surface area contributed by atoms with Gasteiger partial charge in [0.1, 0.15) is 4.88 Å². The number of carbonyl (C=O) groups excluding carboxylic acids is 2. The van der Waals surface area contributed by atoms with Crippen molar-refractivity contribution in [2.45, 2.75) is 6.92 Å². The molecule has 1 aromatic heterocycles. The highest BCUT2D eigenvalue weighted by atomic mass is 35.5. The van der Waals surface area contributed by atoms with Crippen molar-refractivity contribution in [1.29, 1.82) is 0 Å². The number of carbonyl (C=O) groups is 2. The first kappa shape index (κ1) is 21.5. The van der Waals surface area contributed by atoms with Crippen molar-refractivity contribution >= 4 is 40.4 Å². The lowest BCUT2D eigenvalue weighted by atomic mass is 10.1. The maximum absolute atomic E-state index is 13.2. The van der Waals surface area contributed by atoms with Crippen LogP contribution in [0.3, 0.4) is 0 Å². The normalized spacial score (nSPS) is 14.5. The van der Waals surface area contributed by atoms with Gasteiger partial charge in [0.2, 0.25) is 5.91 Å². The van der Waals surface area contributed by atoms with E-state index >= 15 is 0 Å². The van der Waals surface area contributed by atoms with Crippen LogP contribution in [0.5, 0.6) is 0 Å². The quantitative estimate of drug-likeness (QED) is 0.628. The fourth-order valence-corrected chi connectivity index (χ4v) is 4.66. The highest BCUT2D eigenvalue weighted by Crippen LogP contribution is 2.29. The molecule has 2 heterocycles. The predicted molar refractivity (Wildman–Crippen MR) is 125 cm³/mol. The van der Waals surface area contributed by atoms with E-state index in [0.29, 0.717) is 41.8 Å². The summed E-state index contributed by atoms with van der Waals surface area (Å²) in [5.74, 6) is -0.109. The third kappa shape index (κ3) is 5.12. The molecule has 1 saturated heterocycles. The molecule has 31 heavy (non-hydrogen) atoms. The maximum Gasteiger partial charge on any atom is 0.266 e. The number of para-hydroxylation sites is 1. The molecule has 0 bridgehead atoms. The summed E-state index contributed by atoms with van der Waals surface area (Å²) in [5, 5.41) is 4.23. The van der Waals surface area contributed by atoms with Crippen LogP contribution in [0.15, 0.2) is 54.6 Å². The van der Waals surface area contributed by atoms with Gasteiger partial charge >= 0.3 is 0 Å². The Bertz CT molecular complexity index is 1080. The summed E-state index contributed by atoms with van der Waals surface area (Å²) in [4.78, 5) is 34.7. The Hall–Kier alpha value is -2.74. The van der Waals surface area contributed by atoms with E-state index in [4.69, 9.17) is 11.6 Å². The average molecular weight is 455 g/mol. The first-order chi connectivity index (χ1) is 15.0. The second-order valence-corrected chi connectivity index (χ2v) is 8.98. The molecule has 0 spiro atoms. The summed E-state index contributed by atoms with van der Waals surface area (Å²) < 4.78 is 0. The molecule has 4 rings (SSSR count). The number of amides is 2. The lowest BCUT2D eigenvalue weighted by molar-refractivity contribution is -0.117. The van der Waals surface area contributed by atoms with Crippen molar-refractivity contribution in [3.63, 3.8) is 0 Å². The number of nitrogens with one attached hydrogen (secondary N) is 1. The van der Waals surface area contributed by atoms with Gasteiger partial charge < -0.3 is 10.2 Å². The molecule has 3 aromatic rings. The number of nitrogens with zero attached hydrogens (tertiary/aromatic N) is 3. The first-order valence-corrected chi connectivity index (χ1v) is 11.3. The molecule has 1 aliphatic heterocycles. The number of hydrogen-bond donors (Lipinski definition) is 1. The molecule has 0 unspecified atom stereocenters. The topological polar surface area (TPSA) is 65.5 Å². The highest BCUT2D eigenvalue weighted by molar-refractivity contribution is 7.14. The van der Waals surface area contributed by atoms with Crippen LogP contribution in [-0.4, -0.2) is 59.3 Å². The van der Waals surface area contributed by atoms with Gasteiger partial charge in [-0.3, -0.25) is 14.5 Å². The van der Waals surface area contributed by atoms with Crippen molar-refractivity contribution in [3.8, 4) is 11.3 Å². The van der Waals surface area contributed by atoms with Gasteiger partial charge in [0.25, 0.3) is 5.91 Å². The smallest absolute Gasteiger partial charge is 0.266 e. The number of aromatic nitrogens is 1. The summed E-state index contributed by atoms with van der Waals surface area (Å²) in [6.07, 6.45) is 0. The zero-order chi connectivity index (χ0) is 21.8. The van der Waals surface area contributed by atoms with Gasteiger partial charge in [-0.05, 0) is 19.1 Å². The molecule has 1 aliphatic rings. The number of benzene rings is 2. The molecule has 1 fully saturated rings. The molecule has 0 radical (unpaired) electrons. The Kier molecular flexibility index (Phi) is 6.65. The van der Waals surface area contributed by atoms with Crippen LogP contribution >= 0.6 is 22.9 Å². The number of hydrogen-bond acceptors (Lipinski definition) is 5. The van der Waals surface area contributed by atoms with Crippen LogP contribution in [0.2, 0.25) is 5.02 Å². The van der Waals surface area contributed by atoms with Gasteiger partial charge in [0.15, 0.2) is 0 Å². The molecule has 1 N–H and O–H groups in total. The van der Waals surface area contributed by atoms with Crippen LogP contribution < -0.4 is 5.32 Å². The zero-order valence-electron chi connectivity index (χ0n) is 17.2. The Morgan fingerprint density at radius 1 is 1.03 bits per heavy atom. The molecule has 0 atom stereocenters. The number of aryl methyl sites for hydroxylation is 1. The number of halogens is 1. The standard InChI is InChI=1S/C23H23ClN4O2S/c1-16-25-21(17-7-3-2-4-8-17)22(31-16)23(30)28-13-11-27(12-14-28)15-20(29)26-19-10-6-5-9-18(19)24/h2-10H,11-15H2,1H3,(H,26,29). The Labute approximate surface area is 190 Å². The van der Waals surface area contributed by atoms with Crippen molar-refractivity contribution in [3.05, 3.63) is 69.5 Å². The highest BCUT2D eigenvalue weighted by Gasteiger charge is 2.27. The van der Waals surface area contributed by atoms with Crippen molar-refractivity contribution < 1.29 is 9.59 Å². The third-order valence-corrected chi connectivity index (χ3v) is 6.44. The number of anilines is 1. The zero-order valence-corrected chi connectivity index (χ0v) is 18.7. The van der Waals surface area contributed by atoms with E-state index < -0.39 is 0 Å². The fraction of sp³-hybridized carbons (Fsp3) is 0.261. The van der Waals surface area contributed by atoms with Gasteiger partial charge in [-0.25, -0.2) is 4.98 Å². The van der Waals surface area contributed by atoms with Crippen molar-refractivity contribution in [2.24, 2.45) is 0 Å². The summed E-state index contributed by atoms with van der Waals surface area (Å²) in [6, 6.07) is 17.0. The Morgan fingerprint density at radius 2 is 1.71 bits per heavy atom. The van der Waals surface area contributed by atoms with Crippen LogP contribution in [0.25, 0.3) is 11.3 Å². The fourth-order valence-electron chi connectivity index (χ4n) is 3.57. The molecule has 160 valence electrons. The van der Waals surface area contributed by atoms with E-state index in [0.717, 1.165) is 16.3 Å². The summed E-state index contributed by atoms with van der Waals surface area (Å²) in [5.41, 5.74) is 2.30. The van der Waals surface area contributed by atoms with E-state index in [9.17, 15) is 9.59 Å².